The van der Waals surface area contributed by atoms with Crippen LogP contribution in [0.4, 0.5) is 10.2 Å². The number of hydrogen-bond acceptors (Lipinski definition) is 6. The molecule has 1 saturated heterocycles. The van der Waals surface area contributed by atoms with Crippen molar-refractivity contribution < 1.29 is 8.81 Å². The van der Waals surface area contributed by atoms with Crippen LogP contribution in [0.15, 0.2) is 77.3 Å². The number of aromatic nitrogens is 3. The Bertz CT molecular complexity index is 1190. The van der Waals surface area contributed by atoms with E-state index in [1.807, 2.05) is 48.7 Å². The Labute approximate surface area is 190 Å². The van der Waals surface area contributed by atoms with Crippen molar-refractivity contribution in [3.8, 4) is 11.5 Å². The predicted octanol–water partition coefficient (Wildman–Crippen LogP) is 4.84. The minimum Gasteiger partial charge on any atom is -0.419 e. The fraction of sp³-hybridized carbons (Fsp3) is 0.208. The van der Waals surface area contributed by atoms with Gasteiger partial charge in [-0.15, -0.1) is 10.2 Å². The molecule has 2 aromatic heterocycles. The average Bonchev–Trinajstić information content (AvgIpc) is 3.30. The SMILES string of the molecule is Fc1cccc(-c2nnc([C@H](c3cccc(Cl)c3)N3CCN(c4ccccn4)CC3)o2)c1. The van der Waals surface area contributed by atoms with Crippen molar-refractivity contribution in [3.05, 3.63) is 95.2 Å². The van der Waals surface area contributed by atoms with Crippen molar-refractivity contribution in [2.75, 3.05) is 31.1 Å². The molecular formula is C24H21ClFN5O. The maximum absolute atomic E-state index is 13.7. The quantitative estimate of drug-likeness (QED) is 0.434. The van der Waals surface area contributed by atoms with Gasteiger partial charge in [0.25, 0.3) is 0 Å². The molecule has 1 aliphatic rings. The summed E-state index contributed by atoms with van der Waals surface area (Å²) in [6.07, 6.45) is 1.81. The second kappa shape index (κ2) is 9.06. The smallest absolute Gasteiger partial charge is 0.247 e. The van der Waals surface area contributed by atoms with Gasteiger partial charge in [-0.05, 0) is 48.0 Å². The summed E-state index contributed by atoms with van der Waals surface area (Å²) in [4.78, 5) is 9.02. The van der Waals surface area contributed by atoms with Crippen LogP contribution in [0.25, 0.3) is 11.5 Å². The molecule has 0 saturated carbocycles. The highest BCUT2D eigenvalue weighted by atomic mass is 35.5. The summed E-state index contributed by atoms with van der Waals surface area (Å²) >= 11 is 6.29. The van der Waals surface area contributed by atoms with E-state index < -0.39 is 0 Å². The fourth-order valence-electron chi connectivity index (χ4n) is 4.02. The molecule has 1 atom stereocenters. The van der Waals surface area contributed by atoms with Crippen LogP contribution < -0.4 is 4.90 Å². The van der Waals surface area contributed by atoms with E-state index in [1.165, 1.54) is 12.1 Å². The topological polar surface area (TPSA) is 58.3 Å². The number of benzene rings is 2. The second-order valence-corrected chi connectivity index (χ2v) is 8.06. The highest BCUT2D eigenvalue weighted by Crippen LogP contribution is 2.32. The van der Waals surface area contributed by atoms with E-state index in [-0.39, 0.29) is 11.9 Å². The van der Waals surface area contributed by atoms with Gasteiger partial charge in [0.1, 0.15) is 17.7 Å². The molecule has 0 N–H and O–H groups in total. The molecule has 6 nitrogen and oxygen atoms in total. The van der Waals surface area contributed by atoms with Crippen LogP contribution in [0.3, 0.4) is 0 Å². The summed E-state index contributed by atoms with van der Waals surface area (Å²) in [5.41, 5.74) is 1.52. The minimum absolute atomic E-state index is 0.255. The molecule has 1 fully saturated rings. The molecule has 4 aromatic rings. The van der Waals surface area contributed by atoms with Crippen LogP contribution in [-0.2, 0) is 0 Å². The van der Waals surface area contributed by atoms with E-state index in [4.69, 9.17) is 16.0 Å². The first-order valence-corrected chi connectivity index (χ1v) is 10.8. The number of rotatable bonds is 5. The number of hydrogen-bond donors (Lipinski definition) is 0. The van der Waals surface area contributed by atoms with Gasteiger partial charge >= 0.3 is 0 Å². The van der Waals surface area contributed by atoms with Crippen molar-refractivity contribution in [2.45, 2.75) is 6.04 Å². The average molecular weight is 450 g/mol. The van der Waals surface area contributed by atoms with E-state index in [0.717, 1.165) is 37.6 Å². The van der Waals surface area contributed by atoms with Crippen LogP contribution in [0.2, 0.25) is 5.02 Å². The monoisotopic (exact) mass is 449 g/mol. The zero-order valence-electron chi connectivity index (χ0n) is 17.2. The Morgan fingerprint density at radius 2 is 1.75 bits per heavy atom. The highest BCUT2D eigenvalue weighted by molar-refractivity contribution is 6.30. The lowest BCUT2D eigenvalue weighted by Crippen LogP contribution is -2.48. The first-order valence-electron chi connectivity index (χ1n) is 10.4. The lowest BCUT2D eigenvalue weighted by molar-refractivity contribution is 0.187. The van der Waals surface area contributed by atoms with Gasteiger partial charge in [-0.25, -0.2) is 9.37 Å². The maximum Gasteiger partial charge on any atom is 0.247 e. The molecule has 162 valence electrons. The second-order valence-electron chi connectivity index (χ2n) is 7.62. The molecule has 0 radical (unpaired) electrons. The summed E-state index contributed by atoms with van der Waals surface area (Å²) in [6, 6.07) is 19.5. The molecule has 32 heavy (non-hydrogen) atoms. The van der Waals surface area contributed by atoms with Gasteiger partial charge in [0.2, 0.25) is 11.8 Å². The molecule has 0 bridgehead atoms. The van der Waals surface area contributed by atoms with Gasteiger partial charge in [-0.2, -0.15) is 0 Å². The molecule has 0 aliphatic carbocycles. The highest BCUT2D eigenvalue weighted by Gasteiger charge is 2.31. The summed E-state index contributed by atoms with van der Waals surface area (Å²) in [7, 11) is 0. The van der Waals surface area contributed by atoms with Crippen LogP contribution in [0.5, 0.6) is 0 Å². The summed E-state index contributed by atoms with van der Waals surface area (Å²) in [5.74, 6) is 1.37. The van der Waals surface area contributed by atoms with Crippen molar-refractivity contribution in [1.29, 1.82) is 0 Å². The van der Waals surface area contributed by atoms with Gasteiger partial charge < -0.3 is 9.32 Å². The molecule has 1 aliphatic heterocycles. The number of anilines is 1. The number of pyridine rings is 1. The standard InChI is InChI=1S/C24H21ClFN5O/c25-19-7-3-5-17(15-19)22(24-29-28-23(32-24)18-6-4-8-20(26)16-18)31-13-11-30(12-14-31)21-9-1-2-10-27-21/h1-10,15-16,22H,11-14H2/t22-/m0/s1. The predicted molar refractivity (Wildman–Crippen MR) is 121 cm³/mol. The Balaban J connectivity index is 1.44. The van der Waals surface area contributed by atoms with Gasteiger partial charge in [-0.3, -0.25) is 4.90 Å². The van der Waals surface area contributed by atoms with Gasteiger partial charge in [0, 0.05) is 43.0 Å². The Morgan fingerprint density at radius 1 is 0.906 bits per heavy atom. The van der Waals surface area contributed by atoms with E-state index in [9.17, 15) is 4.39 Å². The van der Waals surface area contributed by atoms with Crippen molar-refractivity contribution in [2.24, 2.45) is 0 Å². The van der Waals surface area contributed by atoms with E-state index in [2.05, 4.69) is 25.0 Å². The van der Waals surface area contributed by atoms with Gasteiger partial charge in [0.15, 0.2) is 0 Å². The number of nitrogens with zero attached hydrogens (tertiary/aromatic N) is 5. The molecule has 2 aromatic carbocycles. The zero-order chi connectivity index (χ0) is 21.9. The Morgan fingerprint density at radius 3 is 2.50 bits per heavy atom. The molecule has 8 heteroatoms. The molecule has 0 amide bonds. The lowest BCUT2D eigenvalue weighted by atomic mass is 10.0. The summed E-state index contributed by atoms with van der Waals surface area (Å²) in [6.45, 7) is 3.20. The lowest BCUT2D eigenvalue weighted by Gasteiger charge is -2.38. The zero-order valence-corrected chi connectivity index (χ0v) is 18.0. The first-order chi connectivity index (χ1) is 15.7. The van der Waals surface area contributed by atoms with Gasteiger partial charge in [-0.1, -0.05) is 35.9 Å². The Hall–Kier alpha value is -3.29. The maximum atomic E-state index is 13.7. The molecule has 0 unspecified atom stereocenters. The van der Waals surface area contributed by atoms with Crippen molar-refractivity contribution >= 4 is 17.4 Å². The minimum atomic E-state index is -0.348. The third-order valence-electron chi connectivity index (χ3n) is 5.56. The van der Waals surface area contributed by atoms with Crippen LogP contribution in [-0.4, -0.2) is 46.3 Å². The molecular weight excluding hydrogens is 429 g/mol. The largest absolute Gasteiger partial charge is 0.419 e. The van der Waals surface area contributed by atoms with Gasteiger partial charge in [0.05, 0.1) is 0 Å². The van der Waals surface area contributed by atoms with Crippen LogP contribution >= 0.6 is 11.6 Å². The van der Waals surface area contributed by atoms with E-state index in [1.54, 1.807) is 12.1 Å². The third kappa shape index (κ3) is 4.35. The molecule has 0 spiro atoms. The normalized spacial score (nSPS) is 15.6. The number of halogens is 2. The van der Waals surface area contributed by atoms with Crippen molar-refractivity contribution in [1.82, 2.24) is 20.1 Å². The summed E-state index contributed by atoms with van der Waals surface area (Å²) in [5, 5.41) is 9.16. The van der Waals surface area contributed by atoms with Crippen LogP contribution in [0.1, 0.15) is 17.5 Å². The number of piperazine rings is 1. The van der Waals surface area contributed by atoms with Crippen molar-refractivity contribution in [3.63, 3.8) is 0 Å². The van der Waals surface area contributed by atoms with E-state index in [0.29, 0.717) is 22.4 Å². The third-order valence-corrected chi connectivity index (χ3v) is 5.80. The fourth-order valence-corrected chi connectivity index (χ4v) is 4.22. The molecule has 5 rings (SSSR count). The summed E-state index contributed by atoms with van der Waals surface area (Å²) < 4.78 is 19.7. The molecule has 3 heterocycles. The van der Waals surface area contributed by atoms with E-state index >= 15 is 0 Å². The first kappa shape index (κ1) is 20.6. The Kier molecular flexibility index (Phi) is 5.83. The van der Waals surface area contributed by atoms with Crippen LogP contribution in [0, 0.1) is 5.82 Å².